The number of rotatable bonds is 17. The molecule has 0 saturated heterocycles. The molecule has 0 spiro atoms. The lowest BCUT2D eigenvalue weighted by atomic mass is 9.96. The summed E-state index contributed by atoms with van der Waals surface area (Å²) in [7, 11) is 0. The third-order valence-corrected chi connectivity index (χ3v) is 5.17. The second-order valence-electron chi connectivity index (χ2n) is 7.84. The van der Waals surface area contributed by atoms with Gasteiger partial charge in [0.2, 0.25) is 17.7 Å². The van der Waals surface area contributed by atoms with Crippen LogP contribution in [-0.4, -0.2) is 82.3 Å². The molecule has 3 amide bonds. The highest BCUT2D eigenvalue weighted by Crippen LogP contribution is 2.11. The predicted octanol–water partition coefficient (Wildman–Crippen LogP) is -2.12. The monoisotopic (exact) mass is 475 g/mol. The number of aliphatic hydroxyl groups is 1. The van der Waals surface area contributed by atoms with Crippen LogP contribution in [0.2, 0.25) is 0 Å². The standard InChI is InChI=1S/C20H37N5O8/c1-3-11(2)16(19(31)24-14(20(32)33)6-4-5-9-21)25-18(30)13(7-8-15(27)28)23-17(29)12(22)10-26/h11-14,16,26H,3-10,21-22H2,1-2H3,(H,23,29)(H,24,31)(H,25,30)(H,27,28)(H,32,33). The van der Waals surface area contributed by atoms with Crippen LogP contribution in [0.1, 0.15) is 52.4 Å². The Bertz CT molecular complexity index is 675. The Morgan fingerprint density at radius 3 is 1.97 bits per heavy atom. The van der Waals surface area contributed by atoms with Gasteiger partial charge in [-0.2, -0.15) is 0 Å². The van der Waals surface area contributed by atoms with E-state index in [0.717, 1.165) is 0 Å². The molecule has 0 aromatic rings. The smallest absolute Gasteiger partial charge is 0.326 e. The molecular formula is C20H37N5O8. The molecule has 13 nitrogen and oxygen atoms in total. The van der Waals surface area contributed by atoms with Crippen LogP contribution in [0.25, 0.3) is 0 Å². The normalized spacial score (nSPS) is 15.4. The number of unbranched alkanes of at least 4 members (excludes halogenated alkanes) is 1. The van der Waals surface area contributed by atoms with Gasteiger partial charge in [0.25, 0.3) is 0 Å². The van der Waals surface area contributed by atoms with Crippen LogP contribution in [0, 0.1) is 5.92 Å². The first kappa shape index (κ1) is 30.2. The summed E-state index contributed by atoms with van der Waals surface area (Å²) in [6.45, 7) is 3.16. The molecule has 0 radical (unpaired) electrons. The summed E-state index contributed by atoms with van der Waals surface area (Å²) in [5.41, 5.74) is 10.9. The predicted molar refractivity (Wildman–Crippen MR) is 118 cm³/mol. The van der Waals surface area contributed by atoms with Gasteiger partial charge in [0, 0.05) is 6.42 Å². The number of carboxylic acids is 2. The topological polar surface area (TPSA) is 234 Å². The third-order valence-electron chi connectivity index (χ3n) is 5.17. The minimum Gasteiger partial charge on any atom is -0.481 e. The zero-order chi connectivity index (χ0) is 25.6. The summed E-state index contributed by atoms with van der Waals surface area (Å²) in [4.78, 5) is 60.2. The molecule has 0 bridgehead atoms. The van der Waals surface area contributed by atoms with E-state index in [2.05, 4.69) is 16.0 Å². The summed E-state index contributed by atoms with van der Waals surface area (Å²) in [5, 5.41) is 34.5. The average molecular weight is 476 g/mol. The first-order valence-electron chi connectivity index (χ1n) is 10.9. The first-order chi connectivity index (χ1) is 15.5. The second-order valence-corrected chi connectivity index (χ2v) is 7.84. The fraction of sp³-hybridized carbons (Fsp3) is 0.750. The minimum absolute atomic E-state index is 0.162. The lowest BCUT2D eigenvalue weighted by Crippen LogP contribution is -2.59. The fourth-order valence-electron chi connectivity index (χ4n) is 2.87. The lowest BCUT2D eigenvalue weighted by Gasteiger charge is -2.28. The first-order valence-corrected chi connectivity index (χ1v) is 10.9. The Labute approximate surface area is 192 Å². The van der Waals surface area contributed by atoms with E-state index in [0.29, 0.717) is 25.8 Å². The van der Waals surface area contributed by atoms with E-state index in [1.807, 2.05) is 0 Å². The fourth-order valence-corrected chi connectivity index (χ4v) is 2.87. The van der Waals surface area contributed by atoms with Crippen LogP contribution in [-0.2, 0) is 24.0 Å². The number of amides is 3. The van der Waals surface area contributed by atoms with Gasteiger partial charge in [-0.25, -0.2) is 4.79 Å². The average Bonchev–Trinajstić information content (AvgIpc) is 2.77. The van der Waals surface area contributed by atoms with Gasteiger partial charge in [-0.15, -0.1) is 0 Å². The minimum atomic E-state index is -1.33. The number of carboxylic acid groups (broad SMARTS) is 2. The molecule has 10 N–H and O–H groups in total. The van der Waals surface area contributed by atoms with Gasteiger partial charge < -0.3 is 42.7 Å². The van der Waals surface area contributed by atoms with Crippen molar-refractivity contribution >= 4 is 29.7 Å². The van der Waals surface area contributed by atoms with Crippen molar-refractivity contribution in [2.45, 2.75) is 76.5 Å². The van der Waals surface area contributed by atoms with E-state index < -0.39 is 72.8 Å². The summed E-state index contributed by atoms with van der Waals surface area (Å²) in [5.74, 6) is -5.23. The quantitative estimate of drug-likeness (QED) is 0.106. The number of nitrogens with two attached hydrogens (primary N) is 2. The van der Waals surface area contributed by atoms with E-state index >= 15 is 0 Å². The number of carbonyl (C=O) groups is 5. The van der Waals surface area contributed by atoms with Gasteiger partial charge in [0.1, 0.15) is 24.2 Å². The molecular weight excluding hydrogens is 438 g/mol. The van der Waals surface area contributed by atoms with Gasteiger partial charge in [-0.3, -0.25) is 19.2 Å². The Balaban J connectivity index is 5.50. The zero-order valence-corrected chi connectivity index (χ0v) is 19.1. The Morgan fingerprint density at radius 1 is 0.879 bits per heavy atom. The molecule has 0 rings (SSSR count). The van der Waals surface area contributed by atoms with Gasteiger partial charge in [0.15, 0.2) is 0 Å². The number of aliphatic carboxylic acids is 2. The van der Waals surface area contributed by atoms with Gasteiger partial charge in [-0.1, -0.05) is 20.3 Å². The molecule has 0 fully saturated rings. The Morgan fingerprint density at radius 2 is 1.48 bits per heavy atom. The van der Waals surface area contributed by atoms with Crippen molar-refractivity contribution in [3.8, 4) is 0 Å². The van der Waals surface area contributed by atoms with E-state index in [4.69, 9.17) is 21.7 Å². The van der Waals surface area contributed by atoms with E-state index in [-0.39, 0.29) is 12.8 Å². The van der Waals surface area contributed by atoms with E-state index in [1.165, 1.54) is 0 Å². The molecule has 33 heavy (non-hydrogen) atoms. The highest BCUT2D eigenvalue weighted by Gasteiger charge is 2.32. The third kappa shape index (κ3) is 11.6. The van der Waals surface area contributed by atoms with Crippen LogP contribution in [0.15, 0.2) is 0 Å². The Hall–Kier alpha value is -2.77. The van der Waals surface area contributed by atoms with Crippen molar-refractivity contribution in [2.24, 2.45) is 17.4 Å². The van der Waals surface area contributed by atoms with Crippen molar-refractivity contribution in [3.63, 3.8) is 0 Å². The number of nitrogens with one attached hydrogen (secondary N) is 3. The lowest BCUT2D eigenvalue weighted by molar-refractivity contribution is -0.143. The van der Waals surface area contributed by atoms with E-state index in [9.17, 15) is 29.1 Å². The van der Waals surface area contributed by atoms with Crippen LogP contribution in [0.3, 0.4) is 0 Å². The summed E-state index contributed by atoms with van der Waals surface area (Å²) in [6, 6.07) is -4.94. The summed E-state index contributed by atoms with van der Waals surface area (Å²) < 4.78 is 0. The van der Waals surface area contributed by atoms with Crippen LogP contribution >= 0.6 is 0 Å². The molecule has 0 saturated carbocycles. The van der Waals surface area contributed by atoms with E-state index in [1.54, 1.807) is 13.8 Å². The van der Waals surface area contributed by atoms with Gasteiger partial charge in [0.05, 0.1) is 6.61 Å². The second kappa shape index (κ2) is 15.9. The number of aliphatic hydroxyl groups excluding tert-OH is 1. The highest BCUT2D eigenvalue weighted by molar-refractivity contribution is 5.94. The molecule has 0 aromatic heterocycles. The maximum Gasteiger partial charge on any atom is 0.326 e. The van der Waals surface area contributed by atoms with Crippen molar-refractivity contribution in [1.82, 2.24) is 16.0 Å². The van der Waals surface area contributed by atoms with Crippen molar-refractivity contribution in [2.75, 3.05) is 13.2 Å². The molecule has 0 aromatic carbocycles. The molecule has 0 heterocycles. The molecule has 0 aliphatic carbocycles. The summed E-state index contributed by atoms with van der Waals surface area (Å²) >= 11 is 0. The molecule has 13 heteroatoms. The van der Waals surface area contributed by atoms with Crippen molar-refractivity contribution < 1.29 is 39.3 Å². The van der Waals surface area contributed by atoms with Crippen molar-refractivity contribution in [1.29, 1.82) is 0 Å². The van der Waals surface area contributed by atoms with Crippen LogP contribution in [0.5, 0.6) is 0 Å². The van der Waals surface area contributed by atoms with Crippen LogP contribution in [0.4, 0.5) is 0 Å². The number of carbonyl (C=O) groups excluding carboxylic acids is 3. The SMILES string of the molecule is CCC(C)C(NC(=O)C(CCC(=O)O)NC(=O)C(N)CO)C(=O)NC(CCCCN)C(=O)O. The number of hydrogen-bond acceptors (Lipinski definition) is 8. The molecule has 5 atom stereocenters. The van der Waals surface area contributed by atoms with Gasteiger partial charge >= 0.3 is 11.9 Å². The maximum atomic E-state index is 12.8. The molecule has 5 unspecified atom stereocenters. The number of hydrogen-bond donors (Lipinski definition) is 8. The highest BCUT2D eigenvalue weighted by atomic mass is 16.4. The molecule has 190 valence electrons. The van der Waals surface area contributed by atoms with Crippen molar-refractivity contribution in [3.05, 3.63) is 0 Å². The van der Waals surface area contributed by atoms with Crippen LogP contribution < -0.4 is 27.4 Å². The van der Waals surface area contributed by atoms with Gasteiger partial charge in [-0.05, 0) is 38.1 Å². The largest absolute Gasteiger partial charge is 0.481 e. The summed E-state index contributed by atoms with van der Waals surface area (Å²) in [6.07, 6.45) is 0.973. The molecule has 0 aliphatic heterocycles. The Kier molecular flexibility index (Phi) is 14.6. The maximum absolute atomic E-state index is 12.8. The molecule has 0 aliphatic rings. The zero-order valence-electron chi connectivity index (χ0n) is 19.1.